The minimum atomic E-state index is -1.19. The van der Waals surface area contributed by atoms with Crippen molar-refractivity contribution < 1.29 is 13.7 Å². The van der Waals surface area contributed by atoms with Crippen LogP contribution < -0.4 is 4.72 Å². The largest absolute Gasteiger partial charge is 0.444 e. The van der Waals surface area contributed by atoms with Gasteiger partial charge in [0, 0.05) is 19.3 Å². The van der Waals surface area contributed by atoms with E-state index in [4.69, 9.17) is 9.72 Å². The van der Waals surface area contributed by atoms with Gasteiger partial charge in [0.25, 0.3) is 0 Å². The molecule has 0 aromatic carbocycles. The predicted octanol–water partition coefficient (Wildman–Crippen LogP) is 4.06. The fraction of sp³-hybridized carbons (Fsp3) is 0.727. The molecule has 3 rings (SSSR count). The summed E-state index contributed by atoms with van der Waals surface area (Å²) in [6, 6.07) is 2.13. The van der Waals surface area contributed by atoms with Gasteiger partial charge in [-0.1, -0.05) is 6.07 Å². The summed E-state index contributed by atoms with van der Waals surface area (Å²) in [6.07, 6.45) is 4.21. The van der Waals surface area contributed by atoms with Gasteiger partial charge in [0.15, 0.2) is 0 Å². The number of aromatic nitrogens is 1. The van der Waals surface area contributed by atoms with Gasteiger partial charge in [0.2, 0.25) is 0 Å². The Bertz CT molecular complexity index is 803. The van der Waals surface area contributed by atoms with E-state index in [1.54, 1.807) is 4.90 Å². The molecule has 7 heteroatoms. The maximum absolute atomic E-state index is 12.9. The third-order valence-corrected chi connectivity index (χ3v) is 7.32. The summed E-state index contributed by atoms with van der Waals surface area (Å²) in [5.74, 6) is 0. The highest BCUT2D eigenvalue weighted by Gasteiger charge is 2.50. The lowest BCUT2D eigenvalue weighted by Crippen LogP contribution is -2.50. The van der Waals surface area contributed by atoms with Crippen LogP contribution in [0.2, 0.25) is 0 Å². The molecule has 0 bridgehead atoms. The molecule has 1 saturated heterocycles. The van der Waals surface area contributed by atoms with Gasteiger partial charge in [-0.2, -0.15) is 0 Å². The van der Waals surface area contributed by atoms with E-state index in [2.05, 4.69) is 17.7 Å². The molecule has 1 aliphatic heterocycles. The van der Waals surface area contributed by atoms with Gasteiger partial charge in [0.1, 0.15) is 5.60 Å². The fourth-order valence-electron chi connectivity index (χ4n) is 4.20. The van der Waals surface area contributed by atoms with Crippen LogP contribution >= 0.6 is 0 Å². The number of nitrogens with one attached hydrogen (secondary N) is 1. The van der Waals surface area contributed by atoms with Crippen molar-refractivity contribution in [1.82, 2.24) is 14.6 Å². The molecule has 1 spiro atoms. The maximum atomic E-state index is 12.9. The van der Waals surface area contributed by atoms with E-state index < -0.39 is 16.6 Å². The molecule has 1 aromatic heterocycles. The van der Waals surface area contributed by atoms with Gasteiger partial charge in [-0.3, -0.25) is 4.98 Å². The summed E-state index contributed by atoms with van der Waals surface area (Å²) >= 11 is 0. The maximum Gasteiger partial charge on any atom is 0.410 e. The molecule has 2 heterocycles. The zero-order valence-electron chi connectivity index (χ0n) is 18.8. The lowest BCUT2D eigenvalue weighted by atomic mass is 9.73. The molecule has 2 aliphatic rings. The van der Waals surface area contributed by atoms with Crippen LogP contribution in [0, 0.1) is 12.3 Å². The van der Waals surface area contributed by atoms with Crippen LogP contribution in [-0.4, -0.2) is 43.6 Å². The number of nitrogens with zero attached hydrogens (tertiary/aromatic N) is 2. The minimum absolute atomic E-state index is 0.0704. The molecule has 1 amide bonds. The summed E-state index contributed by atoms with van der Waals surface area (Å²) < 4.78 is 21.5. The number of amides is 1. The van der Waals surface area contributed by atoms with Crippen LogP contribution in [0.25, 0.3) is 0 Å². The molecule has 2 unspecified atom stereocenters. The predicted molar refractivity (Wildman–Crippen MR) is 116 cm³/mol. The molecule has 6 nitrogen and oxygen atoms in total. The number of carbonyl (C=O) groups excluding carboxylic acids is 1. The van der Waals surface area contributed by atoms with Crippen molar-refractivity contribution in [3.05, 3.63) is 29.1 Å². The van der Waals surface area contributed by atoms with Crippen molar-refractivity contribution in [2.75, 3.05) is 13.1 Å². The summed E-state index contributed by atoms with van der Waals surface area (Å²) in [7, 11) is -1.19. The first-order valence-corrected chi connectivity index (χ1v) is 11.6. The van der Waals surface area contributed by atoms with Crippen LogP contribution in [0.1, 0.15) is 77.2 Å². The summed E-state index contributed by atoms with van der Waals surface area (Å²) in [6.45, 7) is 14.9. The number of rotatable bonds is 2. The number of piperidine rings is 1. The van der Waals surface area contributed by atoms with Crippen LogP contribution in [0.3, 0.4) is 0 Å². The van der Waals surface area contributed by atoms with Gasteiger partial charge in [-0.05, 0) is 84.3 Å². The number of hydrogen-bond donors (Lipinski definition) is 1. The van der Waals surface area contributed by atoms with E-state index in [0.717, 1.165) is 30.5 Å². The number of carbonyl (C=O) groups is 1. The van der Waals surface area contributed by atoms with E-state index in [1.807, 2.05) is 47.7 Å². The highest BCUT2D eigenvalue weighted by atomic mass is 32.2. The van der Waals surface area contributed by atoms with Gasteiger partial charge in [-0.25, -0.2) is 13.7 Å². The quantitative estimate of drug-likeness (QED) is 0.782. The first-order chi connectivity index (χ1) is 13.3. The zero-order valence-corrected chi connectivity index (χ0v) is 19.6. The van der Waals surface area contributed by atoms with Gasteiger partial charge in [0.05, 0.1) is 27.5 Å². The third kappa shape index (κ3) is 4.82. The second kappa shape index (κ2) is 7.65. The normalized spacial score (nSPS) is 22.4. The number of fused-ring (bicyclic) bond motifs is 1. The van der Waals surface area contributed by atoms with E-state index in [9.17, 15) is 9.00 Å². The van der Waals surface area contributed by atoms with Crippen molar-refractivity contribution >= 4 is 17.1 Å². The fourth-order valence-corrected chi connectivity index (χ4v) is 5.13. The van der Waals surface area contributed by atoms with Crippen LogP contribution in [-0.2, 0) is 22.1 Å². The number of likely N-dealkylation sites (tertiary alicyclic amines) is 1. The molecule has 1 N–H and O–H groups in total. The Morgan fingerprint density at radius 3 is 2.41 bits per heavy atom. The highest BCUT2D eigenvalue weighted by molar-refractivity contribution is 7.84. The second-order valence-electron chi connectivity index (χ2n) is 10.5. The molecule has 1 aliphatic carbocycles. The smallest absolute Gasteiger partial charge is 0.410 e. The molecule has 162 valence electrons. The molecule has 2 atom stereocenters. The van der Waals surface area contributed by atoms with Crippen LogP contribution in [0.15, 0.2) is 12.3 Å². The Kier molecular flexibility index (Phi) is 5.86. The van der Waals surface area contributed by atoms with Gasteiger partial charge >= 0.3 is 6.09 Å². The SMILES string of the molecule is Cc1cnc2c(c1)CC1(CCN(C(=O)OC(C)(C)C)CC1)C2NS(=O)C(C)(C)C. The average Bonchev–Trinajstić information content (AvgIpc) is 2.85. The number of hydrogen-bond acceptors (Lipinski definition) is 4. The van der Waals surface area contributed by atoms with Crippen LogP contribution in [0.5, 0.6) is 0 Å². The Morgan fingerprint density at radius 1 is 1.24 bits per heavy atom. The third-order valence-electron chi connectivity index (χ3n) is 5.76. The summed E-state index contributed by atoms with van der Waals surface area (Å²) in [4.78, 5) is 19.0. The van der Waals surface area contributed by atoms with Crippen molar-refractivity contribution in [1.29, 1.82) is 0 Å². The number of ether oxygens (including phenoxy) is 1. The number of aryl methyl sites for hydroxylation is 1. The van der Waals surface area contributed by atoms with Crippen molar-refractivity contribution in [2.45, 2.75) is 84.1 Å². The first-order valence-electron chi connectivity index (χ1n) is 10.4. The van der Waals surface area contributed by atoms with E-state index in [-0.39, 0.29) is 22.3 Å². The van der Waals surface area contributed by atoms with E-state index in [0.29, 0.717) is 13.1 Å². The zero-order chi connectivity index (χ0) is 21.6. The molecule has 29 heavy (non-hydrogen) atoms. The lowest BCUT2D eigenvalue weighted by Gasteiger charge is -2.43. The summed E-state index contributed by atoms with van der Waals surface area (Å²) in [5, 5.41) is 0. The first kappa shape index (κ1) is 22.2. The van der Waals surface area contributed by atoms with E-state index >= 15 is 0 Å². The Labute approximate surface area is 177 Å². The molecule has 0 radical (unpaired) electrons. The van der Waals surface area contributed by atoms with E-state index in [1.165, 1.54) is 5.56 Å². The van der Waals surface area contributed by atoms with Crippen molar-refractivity contribution in [3.63, 3.8) is 0 Å². The highest BCUT2D eigenvalue weighted by Crippen LogP contribution is 2.52. The number of pyridine rings is 1. The van der Waals surface area contributed by atoms with Crippen LogP contribution in [0.4, 0.5) is 4.79 Å². The van der Waals surface area contributed by atoms with Crippen molar-refractivity contribution in [2.24, 2.45) is 5.41 Å². The Hall–Kier alpha value is -1.47. The lowest BCUT2D eigenvalue weighted by molar-refractivity contribution is 0.00713. The second-order valence-corrected chi connectivity index (χ2v) is 12.5. The van der Waals surface area contributed by atoms with Gasteiger partial charge < -0.3 is 9.64 Å². The molecular weight excluding hydrogens is 386 g/mol. The topological polar surface area (TPSA) is 71.5 Å². The molecular formula is C22H35N3O3S. The average molecular weight is 422 g/mol. The van der Waals surface area contributed by atoms with Gasteiger partial charge in [-0.15, -0.1) is 0 Å². The monoisotopic (exact) mass is 421 g/mol. The Morgan fingerprint density at radius 2 is 1.86 bits per heavy atom. The minimum Gasteiger partial charge on any atom is -0.444 e. The standard InChI is InChI=1S/C22H35N3O3S/c1-15-12-16-13-22(8-10-25(11-9-22)19(26)28-20(2,3)4)18(17(16)23-14-15)24-29(27)21(5,6)7/h12,14,18,24H,8-11,13H2,1-7H3. The molecule has 1 aromatic rings. The molecule has 1 fully saturated rings. The summed E-state index contributed by atoms with van der Waals surface area (Å²) in [5.41, 5.74) is 2.81. The Balaban J connectivity index is 1.82. The molecule has 0 saturated carbocycles. The van der Waals surface area contributed by atoms with Crippen molar-refractivity contribution in [3.8, 4) is 0 Å².